The molecule has 0 radical (unpaired) electrons. The first-order chi connectivity index (χ1) is 7.64. The van der Waals surface area contributed by atoms with Gasteiger partial charge < -0.3 is 15.3 Å². The standard InChI is InChI=1S/C13H26N2O2/c1-10(2)8-15(6)12(17)14-9-13(4,5)7-11(3)16/h11,16H,1,7-9H2,2-6H3,(H,14,17). The van der Waals surface area contributed by atoms with Crippen LogP contribution in [0.3, 0.4) is 0 Å². The van der Waals surface area contributed by atoms with Crippen LogP contribution in [0.5, 0.6) is 0 Å². The Morgan fingerprint density at radius 2 is 2.06 bits per heavy atom. The van der Waals surface area contributed by atoms with Gasteiger partial charge in [0, 0.05) is 20.1 Å². The van der Waals surface area contributed by atoms with Crippen molar-refractivity contribution in [3.8, 4) is 0 Å². The predicted octanol–water partition coefficient (Wildman–Crippen LogP) is 2.00. The highest BCUT2D eigenvalue weighted by molar-refractivity contribution is 5.74. The van der Waals surface area contributed by atoms with E-state index in [4.69, 9.17) is 0 Å². The van der Waals surface area contributed by atoms with E-state index >= 15 is 0 Å². The molecule has 0 aromatic heterocycles. The molecule has 0 bridgehead atoms. The van der Waals surface area contributed by atoms with Gasteiger partial charge >= 0.3 is 6.03 Å². The van der Waals surface area contributed by atoms with Crippen molar-refractivity contribution < 1.29 is 9.90 Å². The van der Waals surface area contributed by atoms with Gasteiger partial charge in [0.2, 0.25) is 0 Å². The van der Waals surface area contributed by atoms with Crippen molar-refractivity contribution in [2.75, 3.05) is 20.1 Å². The van der Waals surface area contributed by atoms with Gasteiger partial charge in [-0.15, -0.1) is 0 Å². The van der Waals surface area contributed by atoms with Crippen LogP contribution in [0.4, 0.5) is 4.79 Å². The SMILES string of the molecule is C=C(C)CN(C)C(=O)NCC(C)(C)CC(C)O. The summed E-state index contributed by atoms with van der Waals surface area (Å²) in [6.07, 6.45) is 0.312. The lowest BCUT2D eigenvalue weighted by molar-refractivity contribution is 0.127. The van der Waals surface area contributed by atoms with Gasteiger partial charge in [-0.2, -0.15) is 0 Å². The summed E-state index contributed by atoms with van der Waals surface area (Å²) >= 11 is 0. The third kappa shape index (κ3) is 7.80. The predicted molar refractivity (Wildman–Crippen MR) is 70.9 cm³/mol. The van der Waals surface area contributed by atoms with E-state index in [0.29, 0.717) is 19.5 Å². The number of hydrogen-bond acceptors (Lipinski definition) is 2. The van der Waals surface area contributed by atoms with Crippen molar-refractivity contribution in [1.29, 1.82) is 0 Å². The van der Waals surface area contributed by atoms with E-state index in [2.05, 4.69) is 11.9 Å². The molecular weight excluding hydrogens is 216 g/mol. The highest BCUT2D eigenvalue weighted by Gasteiger charge is 2.21. The van der Waals surface area contributed by atoms with Gasteiger partial charge in [0.1, 0.15) is 0 Å². The first-order valence-corrected chi connectivity index (χ1v) is 5.95. The Morgan fingerprint density at radius 3 is 2.47 bits per heavy atom. The summed E-state index contributed by atoms with van der Waals surface area (Å²) in [6.45, 7) is 12.6. The average molecular weight is 242 g/mol. The molecule has 0 fully saturated rings. The number of urea groups is 1. The summed E-state index contributed by atoms with van der Waals surface area (Å²) in [5.74, 6) is 0. The topological polar surface area (TPSA) is 52.6 Å². The molecule has 0 spiro atoms. The first-order valence-electron chi connectivity index (χ1n) is 5.95. The molecule has 1 unspecified atom stereocenters. The molecule has 17 heavy (non-hydrogen) atoms. The van der Waals surface area contributed by atoms with Crippen LogP contribution in [0.1, 0.15) is 34.1 Å². The van der Waals surface area contributed by atoms with Crippen LogP contribution >= 0.6 is 0 Å². The lowest BCUT2D eigenvalue weighted by Crippen LogP contribution is -2.42. The fourth-order valence-electron chi connectivity index (χ4n) is 1.80. The lowest BCUT2D eigenvalue weighted by Gasteiger charge is -2.28. The molecule has 4 heteroatoms. The van der Waals surface area contributed by atoms with E-state index in [1.54, 1.807) is 18.9 Å². The van der Waals surface area contributed by atoms with Gasteiger partial charge in [-0.3, -0.25) is 0 Å². The minimum Gasteiger partial charge on any atom is -0.393 e. The van der Waals surface area contributed by atoms with Gasteiger partial charge in [0.15, 0.2) is 0 Å². The van der Waals surface area contributed by atoms with Gasteiger partial charge in [0.05, 0.1) is 6.10 Å². The number of nitrogens with zero attached hydrogens (tertiary/aromatic N) is 1. The maximum absolute atomic E-state index is 11.7. The molecule has 4 nitrogen and oxygen atoms in total. The lowest BCUT2D eigenvalue weighted by atomic mass is 9.87. The molecular formula is C13H26N2O2. The molecule has 0 heterocycles. The Labute approximate surface area is 105 Å². The number of hydrogen-bond donors (Lipinski definition) is 2. The Bertz CT molecular complexity index is 273. The maximum Gasteiger partial charge on any atom is 0.317 e. The zero-order valence-corrected chi connectivity index (χ0v) is 11.7. The minimum absolute atomic E-state index is 0.103. The Kier molecular flexibility index (Phi) is 6.24. The van der Waals surface area contributed by atoms with Crippen molar-refractivity contribution in [1.82, 2.24) is 10.2 Å². The molecule has 0 aliphatic rings. The number of likely N-dealkylation sites (N-methyl/N-ethyl adjacent to an activating group) is 1. The van der Waals surface area contributed by atoms with Crippen LogP contribution in [0.25, 0.3) is 0 Å². The van der Waals surface area contributed by atoms with Crippen LogP contribution in [0.2, 0.25) is 0 Å². The number of nitrogens with one attached hydrogen (secondary N) is 1. The fourth-order valence-corrected chi connectivity index (χ4v) is 1.80. The van der Waals surface area contributed by atoms with Crippen LogP contribution in [0, 0.1) is 5.41 Å². The quantitative estimate of drug-likeness (QED) is 0.700. The third-order valence-electron chi connectivity index (χ3n) is 2.42. The summed E-state index contributed by atoms with van der Waals surface area (Å²) in [4.78, 5) is 13.3. The second-order valence-electron chi connectivity index (χ2n) is 5.69. The number of aliphatic hydroxyl groups excluding tert-OH is 1. The average Bonchev–Trinajstić information content (AvgIpc) is 2.11. The summed E-state index contributed by atoms with van der Waals surface area (Å²) in [5.41, 5.74) is 0.847. The highest BCUT2D eigenvalue weighted by Crippen LogP contribution is 2.21. The van der Waals surface area contributed by atoms with Crippen molar-refractivity contribution in [2.24, 2.45) is 5.41 Å². The summed E-state index contributed by atoms with van der Waals surface area (Å²) in [6, 6.07) is -0.105. The number of aliphatic hydroxyl groups is 1. The maximum atomic E-state index is 11.7. The van der Waals surface area contributed by atoms with E-state index in [1.807, 2.05) is 20.8 Å². The molecule has 0 aliphatic heterocycles. The van der Waals surface area contributed by atoms with Crippen molar-refractivity contribution >= 4 is 6.03 Å². The molecule has 1 atom stereocenters. The zero-order valence-electron chi connectivity index (χ0n) is 11.7. The second kappa shape index (κ2) is 6.64. The molecule has 0 aliphatic carbocycles. The molecule has 0 saturated carbocycles. The van der Waals surface area contributed by atoms with E-state index in [-0.39, 0.29) is 17.6 Å². The zero-order chi connectivity index (χ0) is 13.6. The minimum atomic E-state index is -0.352. The van der Waals surface area contributed by atoms with Crippen LogP contribution < -0.4 is 5.32 Å². The third-order valence-corrected chi connectivity index (χ3v) is 2.42. The second-order valence-corrected chi connectivity index (χ2v) is 5.69. The molecule has 0 aromatic carbocycles. The van der Waals surface area contributed by atoms with E-state index in [9.17, 15) is 9.90 Å². The van der Waals surface area contributed by atoms with Crippen molar-refractivity contribution in [3.63, 3.8) is 0 Å². The van der Waals surface area contributed by atoms with E-state index < -0.39 is 0 Å². The van der Waals surface area contributed by atoms with Crippen LogP contribution in [-0.2, 0) is 0 Å². The number of rotatable bonds is 6. The van der Waals surface area contributed by atoms with E-state index in [1.165, 1.54) is 0 Å². The van der Waals surface area contributed by atoms with Gasteiger partial charge in [-0.25, -0.2) is 4.79 Å². The fraction of sp³-hybridized carbons (Fsp3) is 0.769. The molecule has 0 aromatic rings. The molecule has 2 amide bonds. The highest BCUT2D eigenvalue weighted by atomic mass is 16.3. The number of carbonyl (C=O) groups is 1. The Balaban J connectivity index is 4.10. The molecule has 2 N–H and O–H groups in total. The molecule has 100 valence electrons. The summed E-state index contributed by atoms with van der Waals surface area (Å²) in [7, 11) is 1.74. The Morgan fingerprint density at radius 1 is 1.53 bits per heavy atom. The largest absolute Gasteiger partial charge is 0.393 e. The van der Waals surface area contributed by atoms with E-state index in [0.717, 1.165) is 5.57 Å². The van der Waals surface area contributed by atoms with Crippen LogP contribution in [-0.4, -0.2) is 42.3 Å². The van der Waals surface area contributed by atoms with Crippen molar-refractivity contribution in [2.45, 2.75) is 40.2 Å². The van der Waals surface area contributed by atoms with Gasteiger partial charge in [-0.1, -0.05) is 26.0 Å². The summed E-state index contributed by atoms with van der Waals surface area (Å²) in [5, 5.41) is 12.2. The molecule has 0 saturated heterocycles. The first kappa shape index (κ1) is 16.0. The normalized spacial score (nSPS) is 13.1. The smallest absolute Gasteiger partial charge is 0.317 e. The number of carbonyl (C=O) groups excluding carboxylic acids is 1. The van der Waals surface area contributed by atoms with Gasteiger partial charge in [-0.05, 0) is 25.7 Å². The number of amides is 2. The van der Waals surface area contributed by atoms with Crippen molar-refractivity contribution in [3.05, 3.63) is 12.2 Å². The Hall–Kier alpha value is -1.03. The van der Waals surface area contributed by atoms with Gasteiger partial charge in [0.25, 0.3) is 0 Å². The summed E-state index contributed by atoms with van der Waals surface area (Å²) < 4.78 is 0. The van der Waals surface area contributed by atoms with Crippen LogP contribution in [0.15, 0.2) is 12.2 Å². The monoisotopic (exact) mass is 242 g/mol. The molecule has 0 rings (SSSR count).